The third kappa shape index (κ3) is 1.81. The van der Waals surface area contributed by atoms with Gasteiger partial charge < -0.3 is 4.90 Å². The van der Waals surface area contributed by atoms with Crippen LogP contribution in [0.25, 0.3) is 16.3 Å². The average Bonchev–Trinajstić information content (AvgIpc) is 2.95. The Hall–Kier alpha value is -1.60. The van der Waals surface area contributed by atoms with Gasteiger partial charge in [-0.05, 0) is 47.2 Å². The monoisotopic (exact) mass is 249 g/mol. The maximum Gasteiger partial charge on any atom is 0.00449 e. The summed E-state index contributed by atoms with van der Waals surface area (Å²) in [5.41, 5.74) is 3.02. The van der Waals surface area contributed by atoms with Gasteiger partial charge in [-0.1, -0.05) is 48.5 Å². The first-order chi connectivity index (χ1) is 9.31. The molecular formula is C18H19N. The summed E-state index contributed by atoms with van der Waals surface area (Å²) in [6.07, 6.45) is 3.79. The molecule has 2 aliphatic rings. The van der Waals surface area contributed by atoms with Gasteiger partial charge in [0.25, 0.3) is 0 Å². The van der Waals surface area contributed by atoms with Gasteiger partial charge in [0.1, 0.15) is 0 Å². The van der Waals surface area contributed by atoms with Crippen LogP contribution in [0.3, 0.4) is 0 Å². The molecular weight excluding hydrogens is 230 g/mol. The van der Waals surface area contributed by atoms with Crippen molar-refractivity contribution >= 4 is 16.3 Å². The molecule has 1 aliphatic carbocycles. The molecule has 2 atom stereocenters. The van der Waals surface area contributed by atoms with Crippen molar-refractivity contribution in [3.63, 3.8) is 0 Å². The number of nitrogens with zero attached hydrogens (tertiary/aromatic N) is 1. The zero-order valence-corrected chi connectivity index (χ0v) is 11.3. The maximum absolute atomic E-state index is 2.54. The van der Waals surface area contributed by atoms with E-state index in [0.717, 1.165) is 11.8 Å². The van der Waals surface area contributed by atoms with Gasteiger partial charge >= 0.3 is 0 Å². The lowest BCUT2D eigenvalue weighted by Gasteiger charge is -2.12. The van der Waals surface area contributed by atoms with Crippen molar-refractivity contribution in [3.05, 3.63) is 54.1 Å². The van der Waals surface area contributed by atoms with Crippen LogP contribution in [-0.4, -0.2) is 25.0 Å². The van der Waals surface area contributed by atoms with Gasteiger partial charge in [0.05, 0.1) is 0 Å². The van der Waals surface area contributed by atoms with Crippen LogP contribution in [0.15, 0.2) is 48.5 Å². The highest BCUT2D eigenvalue weighted by atomic mass is 15.1. The van der Waals surface area contributed by atoms with E-state index in [2.05, 4.69) is 60.5 Å². The minimum Gasteiger partial charge on any atom is -0.305 e. The van der Waals surface area contributed by atoms with E-state index in [1.165, 1.54) is 35.8 Å². The minimum atomic E-state index is 0.777. The molecule has 2 aromatic rings. The first-order valence-corrected chi connectivity index (χ1v) is 7.18. The number of hydrogen-bond donors (Lipinski definition) is 0. The second-order valence-electron chi connectivity index (χ2n) is 6.07. The molecule has 0 bridgehead atoms. The Kier molecular flexibility index (Phi) is 2.49. The summed E-state index contributed by atoms with van der Waals surface area (Å²) in [5, 5.41) is 2.76. The zero-order valence-electron chi connectivity index (χ0n) is 11.3. The molecule has 1 aliphatic heterocycles. The number of allylic oxidation sites excluding steroid dienone is 1. The molecule has 1 heterocycles. The lowest BCUT2D eigenvalue weighted by molar-refractivity contribution is 0.395. The first kappa shape index (κ1) is 11.2. The van der Waals surface area contributed by atoms with E-state index in [9.17, 15) is 0 Å². The number of benzene rings is 2. The maximum atomic E-state index is 2.54. The van der Waals surface area contributed by atoms with Crippen LogP contribution in [0, 0.1) is 11.8 Å². The summed E-state index contributed by atoms with van der Waals surface area (Å²) >= 11 is 0. The zero-order chi connectivity index (χ0) is 12.8. The Labute approximate surface area is 114 Å². The second-order valence-corrected chi connectivity index (χ2v) is 6.07. The van der Waals surface area contributed by atoms with E-state index in [1.807, 2.05) is 0 Å². The molecule has 2 unspecified atom stereocenters. The topological polar surface area (TPSA) is 3.24 Å². The van der Waals surface area contributed by atoms with Crippen molar-refractivity contribution in [1.82, 2.24) is 4.90 Å². The van der Waals surface area contributed by atoms with Gasteiger partial charge in [0.15, 0.2) is 0 Å². The number of fused-ring (bicyclic) bond motifs is 2. The Balaban J connectivity index is 1.78. The first-order valence-electron chi connectivity index (χ1n) is 7.18. The molecule has 0 aromatic heterocycles. The van der Waals surface area contributed by atoms with Gasteiger partial charge in [-0.15, -0.1) is 0 Å². The normalized spacial score (nSPS) is 26.7. The Morgan fingerprint density at radius 1 is 1.00 bits per heavy atom. The van der Waals surface area contributed by atoms with E-state index in [-0.39, 0.29) is 0 Å². The van der Waals surface area contributed by atoms with Crippen molar-refractivity contribution < 1.29 is 0 Å². The van der Waals surface area contributed by atoms with Gasteiger partial charge in [0.2, 0.25) is 0 Å². The standard InChI is InChI=1S/C18H19N/c1-19-11-15-9-14(10-16(15)12-19)18-8-4-6-13-5-2-3-7-17(13)18/h2-9,15-16H,10-12H2,1H3. The van der Waals surface area contributed by atoms with Crippen LogP contribution >= 0.6 is 0 Å². The fourth-order valence-corrected chi connectivity index (χ4v) is 3.84. The Morgan fingerprint density at radius 3 is 2.74 bits per heavy atom. The van der Waals surface area contributed by atoms with Crippen LogP contribution in [0.5, 0.6) is 0 Å². The SMILES string of the molecule is CN1CC2C=C(c3cccc4ccccc34)CC2C1. The molecule has 2 aromatic carbocycles. The van der Waals surface area contributed by atoms with E-state index in [4.69, 9.17) is 0 Å². The Morgan fingerprint density at radius 2 is 1.84 bits per heavy atom. The number of likely N-dealkylation sites (tertiary alicyclic amines) is 1. The molecule has 1 saturated heterocycles. The molecule has 19 heavy (non-hydrogen) atoms. The predicted octanol–water partition coefficient (Wildman–Crippen LogP) is 3.80. The molecule has 4 rings (SSSR count). The van der Waals surface area contributed by atoms with Crippen LogP contribution in [0.2, 0.25) is 0 Å². The summed E-state index contributed by atoms with van der Waals surface area (Å²) < 4.78 is 0. The molecule has 0 saturated carbocycles. The van der Waals surface area contributed by atoms with Crippen LogP contribution in [-0.2, 0) is 0 Å². The van der Waals surface area contributed by atoms with Crippen molar-refractivity contribution in [1.29, 1.82) is 0 Å². The van der Waals surface area contributed by atoms with E-state index in [1.54, 1.807) is 5.57 Å². The molecule has 0 N–H and O–H groups in total. The summed E-state index contributed by atoms with van der Waals surface area (Å²) in [7, 11) is 2.24. The summed E-state index contributed by atoms with van der Waals surface area (Å²) in [5.74, 6) is 1.62. The van der Waals surface area contributed by atoms with Crippen molar-refractivity contribution in [2.75, 3.05) is 20.1 Å². The van der Waals surface area contributed by atoms with Gasteiger partial charge in [0, 0.05) is 13.1 Å². The Bertz CT molecular complexity index is 650. The fourth-order valence-electron chi connectivity index (χ4n) is 3.84. The predicted molar refractivity (Wildman–Crippen MR) is 81.0 cm³/mol. The highest BCUT2D eigenvalue weighted by Crippen LogP contribution is 2.42. The lowest BCUT2D eigenvalue weighted by Crippen LogP contribution is -2.14. The van der Waals surface area contributed by atoms with E-state index < -0.39 is 0 Å². The fraction of sp³-hybridized carbons (Fsp3) is 0.333. The van der Waals surface area contributed by atoms with Gasteiger partial charge in [-0.2, -0.15) is 0 Å². The highest BCUT2D eigenvalue weighted by Gasteiger charge is 2.34. The molecule has 1 fully saturated rings. The smallest absolute Gasteiger partial charge is 0.00449 e. The summed E-state index contributed by atoms with van der Waals surface area (Å²) in [6.45, 7) is 2.49. The molecule has 96 valence electrons. The molecule has 0 spiro atoms. The van der Waals surface area contributed by atoms with Crippen molar-refractivity contribution in [3.8, 4) is 0 Å². The number of hydrogen-bond acceptors (Lipinski definition) is 1. The van der Waals surface area contributed by atoms with E-state index in [0.29, 0.717) is 0 Å². The minimum absolute atomic E-state index is 0.777. The van der Waals surface area contributed by atoms with Crippen LogP contribution < -0.4 is 0 Å². The highest BCUT2D eigenvalue weighted by molar-refractivity contribution is 5.94. The summed E-state index contributed by atoms with van der Waals surface area (Å²) in [6, 6.07) is 15.4. The molecule has 0 amide bonds. The average molecular weight is 249 g/mol. The van der Waals surface area contributed by atoms with E-state index >= 15 is 0 Å². The van der Waals surface area contributed by atoms with Gasteiger partial charge in [-0.25, -0.2) is 0 Å². The molecule has 0 radical (unpaired) electrons. The second kappa shape index (κ2) is 4.21. The lowest BCUT2D eigenvalue weighted by atomic mass is 9.95. The van der Waals surface area contributed by atoms with Gasteiger partial charge in [-0.3, -0.25) is 0 Å². The number of rotatable bonds is 1. The largest absolute Gasteiger partial charge is 0.305 e. The molecule has 1 nitrogen and oxygen atoms in total. The molecule has 1 heteroatoms. The van der Waals surface area contributed by atoms with Crippen LogP contribution in [0.1, 0.15) is 12.0 Å². The van der Waals surface area contributed by atoms with Crippen molar-refractivity contribution in [2.24, 2.45) is 11.8 Å². The van der Waals surface area contributed by atoms with Crippen LogP contribution in [0.4, 0.5) is 0 Å². The third-order valence-electron chi connectivity index (χ3n) is 4.71. The van der Waals surface area contributed by atoms with Crippen molar-refractivity contribution in [2.45, 2.75) is 6.42 Å². The quantitative estimate of drug-likeness (QED) is 0.743. The summed E-state index contributed by atoms with van der Waals surface area (Å²) in [4.78, 5) is 2.46. The third-order valence-corrected chi connectivity index (χ3v) is 4.71.